The van der Waals surface area contributed by atoms with E-state index in [2.05, 4.69) is 81.8 Å². The highest BCUT2D eigenvalue weighted by atomic mass is 16.7. The van der Waals surface area contributed by atoms with Gasteiger partial charge in [0.15, 0.2) is 0 Å². The summed E-state index contributed by atoms with van der Waals surface area (Å²) in [5.41, 5.74) is 10.5. The van der Waals surface area contributed by atoms with E-state index < -0.39 is 29.2 Å². The third-order valence-electron chi connectivity index (χ3n) is 20.6. The molecular formula is C57H80N2O9. The summed E-state index contributed by atoms with van der Waals surface area (Å²) in [6.07, 6.45) is 13.0. The van der Waals surface area contributed by atoms with Crippen molar-refractivity contribution in [3.63, 3.8) is 0 Å². The van der Waals surface area contributed by atoms with Gasteiger partial charge in [0, 0.05) is 62.3 Å². The molecule has 8 aliphatic rings. The van der Waals surface area contributed by atoms with Gasteiger partial charge in [0.1, 0.15) is 24.1 Å². The quantitative estimate of drug-likeness (QED) is 0.110. The Morgan fingerprint density at radius 2 is 1.76 bits per heavy atom. The summed E-state index contributed by atoms with van der Waals surface area (Å²) in [4.78, 5) is 39.6. The van der Waals surface area contributed by atoms with Crippen LogP contribution in [0.3, 0.4) is 0 Å². The molecule has 11 nitrogen and oxygen atoms in total. The van der Waals surface area contributed by atoms with Crippen molar-refractivity contribution >= 4 is 23.6 Å². The number of aliphatic hydroxyl groups excluding tert-OH is 1. The van der Waals surface area contributed by atoms with E-state index in [0.717, 1.165) is 76.4 Å². The fourth-order valence-corrected chi connectivity index (χ4v) is 17.0. The second-order valence-electron chi connectivity index (χ2n) is 23.5. The molecule has 0 aliphatic heterocycles. The number of hydrogen-bond acceptors (Lipinski definition) is 10. The minimum absolute atomic E-state index is 0.0450. The maximum absolute atomic E-state index is 13.2. The van der Waals surface area contributed by atoms with Crippen LogP contribution in [-0.4, -0.2) is 90.5 Å². The van der Waals surface area contributed by atoms with Crippen molar-refractivity contribution in [2.24, 2.45) is 69.3 Å². The summed E-state index contributed by atoms with van der Waals surface area (Å²) in [7, 11) is 2.12. The monoisotopic (exact) mass is 937 g/mol. The van der Waals surface area contributed by atoms with Crippen molar-refractivity contribution < 1.29 is 43.9 Å². The molecule has 1 aromatic rings. The van der Waals surface area contributed by atoms with Crippen LogP contribution in [0, 0.1) is 75.4 Å². The Hall–Kier alpha value is -3.69. The molecule has 0 spiro atoms. The van der Waals surface area contributed by atoms with E-state index in [0.29, 0.717) is 56.3 Å². The van der Waals surface area contributed by atoms with Crippen molar-refractivity contribution in [1.82, 2.24) is 0 Å². The third kappa shape index (κ3) is 8.47. The van der Waals surface area contributed by atoms with E-state index in [1.807, 2.05) is 6.92 Å². The number of nitrogens with two attached hydrogens (primary N) is 1. The molecule has 0 radical (unpaired) electrons. The largest absolute Gasteiger partial charge is 0.508 e. The molecule has 11 heteroatoms. The smallest absolute Gasteiger partial charge is 0.481 e. The van der Waals surface area contributed by atoms with Gasteiger partial charge in [0.25, 0.3) is 0 Å². The van der Waals surface area contributed by atoms with E-state index >= 15 is 0 Å². The van der Waals surface area contributed by atoms with Crippen LogP contribution in [0.15, 0.2) is 47.1 Å². The number of aliphatic hydroxyl groups is 2. The summed E-state index contributed by atoms with van der Waals surface area (Å²) in [5, 5.41) is 33.8. The first-order valence-corrected chi connectivity index (χ1v) is 26.4. The third-order valence-corrected chi connectivity index (χ3v) is 20.6. The molecule has 2 unspecified atom stereocenters. The van der Waals surface area contributed by atoms with Crippen LogP contribution in [-0.2, 0) is 23.8 Å². The maximum Gasteiger partial charge on any atom is 0.508 e. The highest BCUT2D eigenvalue weighted by Gasteiger charge is 2.67. The van der Waals surface area contributed by atoms with Crippen LogP contribution in [0.1, 0.15) is 149 Å². The fourth-order valence-electron chi connectivity index (χ4n) is 17.0. The van der Waals surface area contributed by atoms with Gasteiger partial charge in [-0.05, 0) is 171 Å². The molecular weight excluding hydrogens is 857 g/mol. The number of hydrogen-bond donors (Lipinski definition) is 4. The molecule has 0 heterocycles. The Bertz CT molecular complexity index is 2210. The van der Waals surface area contributed by atoms with E-state index in [-0.39, 0.29) is 84.0 Å². The zero-order chi connectivity index (χ0) is 48.3. The van der Waals surface area contributed by atoms with Gasteiger partial charge in [-0.25, -0.2) is 4.79 Å². The Morgan fingerprint density at radius 3 is 2.50 bits per heavy atom. The van der Waals surface area contributed by atoms with Crippen LogP contribution >= 0.6 is 0 Å². The lowest BCUT2D eigenvalue weighted by atomic mass is 9.43. The average molecular weight is 937 g/mol. The van der Waals surface area contributed by atoms with Crippen LogP contribution in [0.4, 0.5) is 10.5 Å². The zero-order valence-electron chi connectivity index (χ0n) is 41.8. The number of ketones is 1. The van der Waals surface area contributed by atoms with Crippen LogP contribution < -0.4 is 10.6 Å². The Kier molecular flexibility index (Phi) is 13.9. The van der Waals surface area contributed by atoms with E-state index in [1.54, 1.807) is 0 Å². The molecule has 7 saturated carbocycles. The van der Waals surface area contributed by atoms with Gasteiger partial charge in [0.05, 0.1) is 18.8 Å². The van der Waals surface area contributed by atoms with E-state index in [4.69, 9.17) is 19.9 Å². The van der Waals surface area contributed by atoms with Crippen LogP contribution in [0.25, 0.3) is 0 Å². The van der Waals surface area contributed by atoms with Gasteiger partial charge in [-0.2, -0.15) is 0 Å². The molecule has 68 heavy (non-hydrogen) atoms. The zero-order valence-corrected chi connectivity index (χ0v) is 41.8. The van der Waals surface area contributed by atoms with Gasteiger partial charge in [-0.3, -0.25) is 9.59 Å². The lowest BCUT2D eigenvalue weighted by Crippen LogP contribution is -2.63. The van der Waals surface area contributed by atoms with Crippen LogP contribution in [0.5, 0.6) is 0 Å². The number of ether oxygens (including phenoxy) is 3. The minimum atomic E-state index is -1.01. The second kappa shape index (κ2) is 19.1. The maximum atomic E-state index is 13.2. The summed E-state index contributed by atoms with van der Waals surface area (Å²) in [5.74, 6) is 7.77. The summed E-state index contributed by atoms with van der Waals surface area (Å²) in [6.45, 7) is 12.5. The number of carboxylic acids is 1. The van der Waals surface area contributed by atoms with Gasteiger partial charge in [-0.15, -0.1) is 5.92 Å². The number of likely N-dealkylation sites (N-methyl/N-ethyl adjacent to an activating group) is 1. The van der Waals surface area contributed by atoms with Crippen molar-refractivity contribution in [2.45, 2.75) is 167 Å². The SMILES string of the molecule is CC#C[C@]1(O)CCC2C3CC=C4CC(=O)CCC4=C3[C@@H](c3ccc(N(C)CCO[C@H]4CC[C@@]5(C)[C@@H](C4)C[C@@H](OC(=O)OCCN)[C@@H]4[C@@H]5C[C@H](O)[C@]5(C)[C@@H]([C@H](C)CCC(=O)O)CC[C@@H]45)cc3)C[C@@]21C. The highest BCUT2D eigenvalue weighted by Crippen LogP contribution is 2.70. The van der Waals surface area contributed by atoms with Gasteiger partial charge < -0.3 is 40.2 Å². The number of nitrogens with zero attached hydrogens (tertiary/aromatic N) is 1. The topological polar surface area (TPSA) is 169 Å². The average Bonchev–Trinajstić information content (AvgIpc) is 3.81. The lowest BCUT2D eigenvalue weighted by molar-refractivity contribution is -0.211. The van der Waals surface area contributed by atoms with E-state index in [9.17, 15) is 29.7 Å². The number of aliphatic carboxylic acids is 1. The number of anilines is 1. The van der Waals surface area contributed by atoms with Crippen molar-refractivity contribution in [3.05, 3.63) is 52.6 Å². The number of carbonyl (C=O) groups is 3. The first-order chi connectivity index (χ1) is 32.4. The normalized spacial score (nSPS) is 40.8. The number of carbonyl (C=O) groups excluding carboxylic acids is 2. The summed E-state index contributed by atoms with van der Waals surface area (Å²) in [6, 6.07) is 9.04. The molecule has 1 aromatic carbocycles. The predicted octanol–water partition coefficient (Wildman–Crippen LogP) is 9.38. The molecule has 9 rings (SSSR count). The molecule has 0 bridgehead atoms. The van der Waals surface area contributed by atoms with Gasteiger partial charge in [0.2, 0.25) is 0 Å². The second-order valence-corrected chi connectivity index (χ2v) is 23.5. The standard InChI is InChI=1S/C57H80N2O9/c1-7-22-57(65)24-21-45-42-15-11-36-29-39(60)14-16-41(36)51(42)43(33-55(45,57)4)35-9-12-38(13-10-35)59(6)26-28-66-40-20-23-54(3)37(30-40)31-48(68-53(64)67-27-25-58)52-46-18-17-44(34(2)8-19-50(62)63)56(46,5)49(61)32-47(52)54/h9-13,34,37,40,42-49,52,61,65H,8,14-21,23-33,58H2,1-6H3,(H,62,63)/t34-,37+,40+,42?,43-,44-,45?,46+,47+,48-,49+,52+,54+,55+,56-,57+/m1/s1. The molecule has 16 atom stereocenters. The molecule has 8 aliphatic carbocycles. The van der Waals surface area contributed by atoms with E-state index in [1.165, 1.54) is 22.3 Å². The number of rotatable bonds is 13. The Morgan fingerprint density at radius 1 is 0.985 bits per heavy atom. The van der Waals surface area contributed by atoms with Gasteiger partial charge >= 0.3 is 12.1 Å². The Labute approximate surface area is 405 Å². The van der Waals surface area contributed by atoms with Crippen molar-refractivity contribution in [1.29, 1.82) is 0 Å². The molecule has 0 aromatic heterocycles. The first-order valence-electron chi connectivity index (χ1n) is 26.4. The molecule has 0 amide bonds. The highest BCUT2D eigenvalue weighted by molar-refractivity contribution is 5.84. The molecule has 372 valence electrons. The molecule has 0 saturated heterocycles. The first kappa shape index (κ1) is 49.3. The van der Waals surface area contributed by atoms with Crippen molar-refractivity contribution in [3.8, 4) is 11.8 Å². The lowest BCUT2D eigenvalue weighted by Gasteiger charge is -2.64. The fraction of sp³-hybridized carbons (Fsp3) is 0.737. The predicted molar refractivity (Wildman–Crippen MR) is 261 cm³/mol. The Balaban J connectivity index is 0.871. The minimum Gasteiger partial charge on any atom is -0.481 e. The number of carboxylic acid groups (broad SMARTS) is 1. The molecule has 7 fully saturated rings. The van der Waals surface area contributed by atoms with Crippen LogP contribution in [0.2, 0.25) is 0 Å². The summed E-state index contributed by atoms with van der Waals surface area (Å²) < 4.78 is 18.4. The van der Waals surface area contributed by atoms with Crippen molar-refractivity contribution in [2.75, 3.05) is 38.3 Å². The number of fused-ring (bicyclic) bond motifs is 9. The summed E-state index contributed by atoms with van der Waals surface area (Å²) >= 11 is 0. The number of benzene rings is 1. The number of Topliss-reactive ketones (excluding diaryl/α,β-unsaturated/α-hetero) is 1. The number of allylic oxidation sites excluding steroid dienone is 4. The van der Waals surface area contributed by atoms with Gasteiger partial charge in [-0.1, -0.05) is 57.4 Å². The molecule has 5 N–H and O–H groups in total.